The van der Waals surface area contributed by atoms with Crippen LogP contribution in [0.15, 0.2) is 16.5 Å². The Hall–Kier alpha value is -2.04. The van der Waals surface area contributed by atoms with Crippen LogP contribution in [-0.4, -0.2) is 16.1 Å². The molecule has 2 aromatic heterocycles. The first-order chi connectivity index (χ1) is 7.66. The number of fused-ring (bicyclic) bond motifs is 1. The lowest BCUT2D eigenvalue weighted by molar-refractivity contribution is 0.0666. The summed E-state index contributed by atoms with van der Waals surface area (Å²) >= 11 is 0. The summed E-state index contributed by atoms with van der Waals surface area (Å²) in [5.74, 6) is -0.886. The molecule has 0 radical (unpaired) electrons. The third kappa shape index (κ3) is 1.25. The van der Waals surface area contributed by atoms with E-state index in [2.05, 4.69) is 4.98 Å². The zero-order chi connectivity index (χ0) is 11.3. The van der Waals surface area contributed by atoms with Crippen molar-refractivity contribution in [1.29, 1.82) is 0 Å². The predicted octanol–water partition coefficient (Wildman–Crippen LogP) is 1.99. The second kappa shape index (κ2) is 2.98. The number of hydrogen-bond donors (Lipinski definition) is 2. The van der Waals surface area contributed by atoms with Gasteiger partial charge in [-0.3, -0.25) is 0 Å². The quantitative estimate of drug-likeness (QED) is 0.804. The maximum atomic E-state index is 10.8. The molecule has 5 heteroatoms. The van der Waals surface area contributed by atoms with E-state index in [1.54, 1.807) is 6.07 Å². The smallest absolute Gasteiger partial charge is 0.374 e. The van der Waals surface area contributed by atoms with Crippen LogP contribution >= 0.6 is 0 Å². The van der Waals surface area contributed by atoms with Gasteiger partial charge in [-0.05, 0) is 25.0 Å². The molecule has 1 saturated carbocycles. The summed E-state index contributed by atoms with van der Waals surface area (Å²) in [5, 5.41) is 9.43. The minimum absolute atomic E-state index is 0.150. The van der Waals surface area contributed by atoms with E-state index >= 15 is 0 Å². The summed E-state index contributed by atoms with van der Waals surface area (Å²) in [6, 6.07) is 3.67. The number of anilines is 1. The van der Waals surface area contributed by atoms with Gasteiger partial charge in [-0.2, -0.15) is 0 Å². The molecule has 0 unspecified atom stereocenters. The van der Waals surface area contributed by atoms with E-state index in [0.29, 0.717) is 17.0 Å². The van der Waals surface area contributed by atoms with Gasteiger partial charge in [0.2, 0.25) is 11.5 Å². The van der Waals surface area contributed by atoms with E-state index in [-0.39, 0.29) is 11.4 Å². The van der Waals surface area contributed by atoms with Gasteiger partial charge in [-0.1, -0.05) is 0 Å². The lowest BCUT2D eigenvalue weighted by Gasteiger charge is -1.95. The second-order valence-corrected chi connectivity index (χ2v) is 4.01. The van der Waals surface area contributed by atoms with Crippen molar-refractivity contribution in [2.45, 2.75) is 18.8 Å². The highest BCUT2D eigenvalue weighted by atomic mass is 16.4. The molecule has 5 nitrogen and oxygen atoms in total. The Labute approximate surface area is 90.9 Å². The van der Waals surface area contributed by atoms with E-state index in [1.807, 2.05) is 6.07 Å². The van der Waals surface area contributed by atoms with Gasteiger partial charge >= 0.3 is 5.97 Å². The Bertz CT molecular complexity index is 584. The molecular weight excluding hydrogens is 208 g/mol. The summed E-state index contributed by atoms with van der Waals surface area (Å²) < 4.78 is 5.14. The molecule has 3 N–H and O–H groups in total. The molecule has 0 aliphatic heterocycles. The van der Waals surface area contributed by atoms with Crippen LogP contribution in [0.3, 0.4) is 0 Å². The summed E-state index contributed by atoms with van der Waals surface area (Å²) in [4.78, 5) is 15.1. The number of carbonyl (C=O) groups is 1. The van der Waals surface area contributed by atoms with Crippen molar-refractivity contribution in [2.24, 2.45) is 0 Å². The molecule has 0 spiro atoms. The molecule has 0 bridgehead atoms. The van der Waals surface area contributed by atoms with Crippen LogP contribution in [-0.2, 0) is 0 Å². The number of carboxylic acid groups (broad SMARTS) is 1. The van der Waals surface area contributed by atoms with E-state index in [1.165, 1.54) is 0 Å². The highest BCUT2D eigenvalue weighted by Gasteiger charge is 2.26. The summed E-state index contributed by atoms with van der Waals surface area (Å²) in [6.07, 6.45) is 2.28. The topological polar surface area (TPSA) is 89.4 Å². The Morgan fingerprint density at radius 3 is 2.88 bits per heavy atom. The second-order valence-electron chi connectivity index (χ2n) is 4.01. The van der Waals surface area contributed by atoms with Gasteiger partial charge in [-0.25, -0.2) is 9.78 Å². The van der Waals surface area contributed by atoms with E-state index in [0.717, 1.165) is 18.5 Å². The van der Waals surface area contributed by atoms with Crippen LogP contribution in [0.5, 0.6) is 0 Å². The minimum Gasteiger partial charge on any atom is -0.475 e. The van der Waals surface area contributed by atoms with Crippen LogP contribution < -0.4 is 5.73 Å². The van der Waals surface area contributed by atoms with Gasteiger partial charge in [0.25, 0.3) is 0 Å². The molecular formula is C11H10N2O3. The number of nitrogens with zero attached hydrogens (tertiary/aromatic N) is 1. The summed E-state index contributed by atoms with van der Waals surface area (Å²) in [5.41, 5.74) is 7.09. The average molecular weight is 218 g/mol. The molecule has 16 heavy (non-hydrogen) atoms. The number of nitrogen functional groups attached to an aromatic ring is 1. The number of furan rings is 1. The maximum absolute atomic E-state index is 10.8. The SMILES string of the molecule is Nc1c(C(=O)O)oc2nc(C3CC3)ccc12. The molecule has 2 aromatic rings. The monoisotopic (exact) mass is 218 g/mol. The fourth-order valence-electron chi connectivity index (χ4n) is 1.78. The Kier molecular flexibility index (Phi) is 1.71. The number of aromatic nitrogens is 1. The molecule has 82 valence electrons. The maximum Gasteiger partial charge on any atom is 0.374 e. The zero-order valence-corrected chi connectivity index (χ0v) is 8.43. The fourth-order valence-corrected chi connectivity index (χ4v) is 1.78. The molecule has 0 amide bonds. The van der Waals surface area contributed by atoms with Gasteiger partial charge in [-0.15, -0.1) is 0 Å². The van der Waals surface area contributed by atoms with Gasteiger partial charge in [0.05, 0.1) is 11.1 Å². The Morgan fingerprint density at radius 1 is 1.50 bits per heavy atom. The van der Waals surface area contributed by atoms with Gasteiger partial charge in [0, 0.05) is 11.6 Å². The third-order valence-corrected chi connectivity index (χ3v) is 2.81. The minimum atomic E-state index is -1.16. The molecule has 3 rings (SSSR count). The summed E-state index contributed by atoms with van der Waals surface area (Å²) in [6.45, 7) is 0. The normalized spacial score (nSPS) is 15.5. The van der Waals surface area contributed by atoms with E-state index in [9.17, 15) is 4.79 Å². The van der Waals surface area contributed by atoms with Crippen molar-refractivity contribution in [2.75, 3.05) is 5.73 Å². The number of carboxylic acids is 1. The van der Waals surface area contributed by atoms with Crippen LogP contribution in [0.25, 0.3) is 11.1 Å². The van der Waals surface area contributed by atoms with Crippen molar-refractivity contribution in [3.8, 4) is 0 Å². The molecule has 1 aliphatic rings. The first-order valence-corrected chi connectivity index (χ1v) is 5.09. The van der Waals surface area contributed by atoms with Crippen molar-refractivity contribution >= 4 is 22.8 Å². The Balaban J connectivity index is 2.20. The van der Waals surface area contributed by atoms with Crippen molar-refractivity contribution in [1.82, 2.24) is 4.98 Å². The lowest BCUT2D eigenvalue weighted by Crippen LogP contribution is -1.98. The highest BCUT2D eigenvalue weighted by Crippen LogP contribution is 2.40. The first kappa shape index (κ1) is 9.21. The van der Waals surface area contributed by atoms with Crippen molar-refractivity contribution < 1.29 is 14.3 Å². The molecule has 1 aliphatic carbocycles. The Morgan fingerprint density at radius 2 is 2.25 bits per heavy atom. The third-order valence-electron chi connectivity index (χ3n) is 2.81. The molecule has 0 saturated heterocycles. The largest absolute Gasteiger partial charge is 0.475 e. The van der Waals surface area contributed by atoms with Gasteiger partial charge in [0.15, 0.2) is 0 Å². The van der Waals surface area contributed by atoms with Crippen LogP contribution in [0, 0.1) is 0 Å². The van der Waals surface area contributed by atoms with Gasteiger partial charge in [0.1, 0.15) is 0 Å². The lowest BCUT2D eigenvalue weighted by atomic mass is 10.2. The average Bonchev–Trinajstić information content (AvgIpc) is 3.04. The van der Waals surface area contributed by atoms with Crippen LogP contribution in [0.4, 0.5) is 5.69 Å². The van der Waals surface area contributed by atoms with Crippen molar-refractivity contribution in [3.63, 3.8) is 0 Å². The van der Waals surface area contributed by atoms with E-state index in [4.69, 9.17) is 15.3 Å². The fraction of sp³-hybridized carbons (Fsp3) is 0.273. The standard InChI is InChI=1S/C11H10N2O3/c12-8-6-3-4-7(5-1-2-5)13-10(6)16-9(8)11(14)15/h3-5H,1-2,12H2,(H,14,15). The molecule has 0 aromatic carbocycles. The molecule has 1 fully saturated rings. The zero-order valence-electron chi connectivity index (χ0n) is 8.43. The number of rotatable bonds is 2. The van der Waals surface area contributed by atoms with E-state index < -0.39 is 5.97 Å². The molecule has 0 atom stereocenters. The number of hydrogen-bond acceptors (Lipinski definition) is 4. The van der Waals surface area contributed by atoms with Crippen molar-refractivity contribution in [3.05, 3.63) is 23.6 Å². The predicted molar refractivity (Wildman–Crippen MR) is 57.4 cm³/mol. The molecule has 2 heterocycles. The summed E-state index contributed by atoms with van der Waals surface area (Å²) in [7, 11) is 0. The number of nitrogens with two attached hydrogens (primary N) is 1. The van der Waals surface area contributed by atoms with Gasteiger partial charge < -0.3 is 15.3 Å². The highest BCUT2D eigenvalue weighted by molar-refractivity contribution is 6.01. The van der Waals surface area contributed by atoms with Crippen LogP contribution in [0.2, 0.25) is 0 Å². The first-order valence-electron chi connectivity index (χ1n) is 5.09. The number of pyridine rings is 1. The number of aromatic carboxylic acids is 1. The van der Waals surface area contributed by atoms with Crippen LogP contribution in [0.1, 0.15) is 35.0 Å².